The Bertz CT molecular complexity index is 308. The molecule has 0 bridgehead atoms. The van der Waals surface area contributed by atoms with E-state index >= 15 is 0 Å². The van der Waals surface area contributed by atoms with E-state index in [2.05, 4.69) is 27.8 Å². The number of nitrogens with zero attached hydrogens (tertiary/aromatic N) is 1. The molecule has 0 aromatic carbocycles. The molecule has 3 nitrogen and oxygen atoms in total. The number of halogens is 1. The molecule has 0 spiro atoms. The first kappa shape index (κ1) is 15.0. The molecule has 1 heterocycles. The maximum absolute atomic E-state index is 9.68. The van der Waals surface area contributed by atoms with Crippen molar-refractivity contribution in [2.24, 2.45) is 0 Å². The Morgan fingerprint density at radius 1 is 1.53 bits per heavy atom. The minimum absolute atomic E-state index is 0.406. The molecule has 0 aliphatic carbocycles. The largest absolute Gasteiger partial charge is 0.390 e. The molecule has 0 aliphatic rings. The van der Waals surface area contributed by atoms with E-state index in [1.165, 1.54) is 11.8 Å². The Morgan fingerprint density at radius 3 is 3.00 bits per heavy atom. The Balaban J connectivity index is 2.14. The van der Waals surface area contributed by atoms with Gasteiger partial charge in [0, 0.05) is 23.0 Å². The number of thioether (sulfide) groups is 1. The van der Waals surface area contributed by atoms with E-state index in [0.717, 1.165) is 28.9 Å². The third-order valence-electron chi connectivity index (χ3n) is 2.08. The summed E-state index contributed by atoms with van der Waals surface area (Å²) in [5.74, 6) is 0.612. The van der Waals surface area contributed by atoms with Gasteiger partial charge in [-0.3, -0.25) is 0 Å². The summed E-state index contributed by atoms with van der Waals surface area (Å²) in [6, 6.07) is 3.87. The van der Waals surface area contributed by atoms with E-state index in [4.69, 9.17) is 4.74 Å². The third-order valence-corrected chi connectivity index (χ3v) is 3.63. The Labute approximate surface area is 115 Å². The minimum atomic E-state index is -0.428. The number of aliphatic hydroxyl groups excluding tert-OH is 1. The van der Waals surface area contributed by atoms with Crippen LogP contribution in [0.2, 0.25) is 0 Å². The smallest absolute Gasteiger partial charge is 0.0961 e. The van der Waals surface area contributed by atoms with Crippen molar-refractivity contribution in [1.29, 1.82) is 0 Å². The van der Waals surface area contributed by atoms with Crippen LogP contribution < -0.4 is 0 Å². The van der Waals surface area contributed by atoms with Gasteiger partial charge in [0.25, 0.3) is 0 Å². The van der Waals surface area contributed by atoms with Gasteiger partial charge in [-0.05, 0) is 34.5 Å². The van der Waals surface area contributed by atoms with Crippen molar-refractivity contribution in [2.75, 3.05) is 19.0 Å². The average Bonchev–Trinajstić information content (AvgIpc) is 2.34. The summed E-state index contributed by atoms with van der Waals surface area (Å²) in [5.41, 5.74) is 0. The summed E-state index contributed by atoms with van der Waals surface area (Å²) in [4.78, 5) is 4.22. The molecule has 1 aromatic rings. The number of ether oxygens (including phenoxy) is 1. The Hall–Kier alpha value is -0.100. The molecule has 1 aromatic heterocycles. The minimum Gasteiger partial charge on any atom is -0.390 e. The van der Waals surface area contributed by atoms with Crippen molar-refractivity contribution >= 4 is 27.7 Å². The van der Waals surface area contributed by atoms with Crippen molar-refractivity contribution in [1.82, 2.24) is 4.98 Å². The molecular formula is C12H18BrNO2S. The highest BCUT2D eigenvalue weighted by atomic mass is 79.9. The fraction of sp³-hybridized carbons (Fsp3) is 0.583. The van der Waals surface area contributed by atoms with Gasteiger partial charge in [0.1, 0.15) is 0 Å². The lowest BCUT2D eigenvalue weighted by Crippen LogP contribution is -2.18. The quantitative estimate of drug-likeness (QED) is 0.590. The molecule has 0 saturated heterocycles. The molecule has 0 fully saturated rings. The van der Waals surface area contributed by atoms with E-state index in [1.807, 2.05) is 12.1 Å². The van der Waals surface area contributed by atoms with Crippen LogP contribution in [0.1, 0.15) is 19.8 Å². The summed E-state index contributed by atoms with van der Waals surface area (Å²) >= 11 is 4.87. The van der Waals surface area contributed by atoms with E-state index in [0.29, 0.717) is 12.4 Å². The maximum atomic E-state index is 9.68. The van der Waals surface area contributed by atoms with Crippen LogP contribution in [0.25, 0.3) is 0 Å². The monoisotopic (exact) mass is 319 g/mol. The molecule has 0 amide bonds. The van der Waals surface area contributed by atoms with Crippen LogP contribution in [-0.2, 0) is 4.74 Å². The number of rotatable bonds is 8. The van der Waals surface area contributed by atoms with Crippen LogP contribution in [0.4, 0.5) is 0 Å². The standard InChI is InChI=1S/C12H18BrNO2S/c1-2-3-6-16-8-11(15)9-17-12-5-4-10(13)7-14-12/h4-5,7,11,15H,2-3,6,8-9H2,1H3. The fourth-order valence-electron chi connectivity index (χ4n) is 1.14. The van der Waals surface area contributed by atoms with Crippen molar-refractivity contribution in [2.45, 2.75) is 30.9 Å². The zero-order valence-electron chi connectivity index (χ0n) is 9.93. The predicted molar refractivity (Wildman–Crippen MR) is 74.4 cm³/mol. The number of hydrogen-bond acceptors (Lipinski definition) is 4. The van der Waals surface area contributed by atoms with Gasteiger partial charge in [0.15, 0.2) is 0 Å². The first-order chi connectivity index (χ1) is 8.22. The lowest BCUT2D eigenvalue weighted by Gasteiger charge is -2.10. The highest BCUT2D eigenvalue weighted by molar-refractivity contribution is 9.10. The second kappa shape index (κ2) is 8.91. The van der Waals surface area contributed by atoms with Crippen LogP contribution in [0, 0.1) is 0 Å². The second-order valence-corrected chi connectivity index (χ2v) is 5.66. The van der Waals surface area contributed by atoms with Gasteiger partial charge in [0.05, 0.1) is 17.7 Å². The zero-order chi connectivity index (χ0) is 12.5. The number of aromatic nitrogens is 1. The number of hydrogen-bond donors (Lipinski definition) is 1. The van der Waals surface area contributed by atoms with Gasteiger partial charge in [0.2, 0.25) is 0 Å². The maximum Gasteiger partial charge on any atom is 0.0961 e. The van der Waals surface area contributed by atoms with Crippen molar-refractivity contribution < 1.29 is 9.84 Å². The first-order valence-corrected chi connectivity index (χ1v) is 7.50. The lowest BCUT2D eigenvalue weighted by atomic mass is 10.3. The van der Waals surface area contributed by atoms with E-state index in [-0.39, 0.29) is 0 Å². The van der Waals surface area contributed by atoms with Crippen molar-refractivity contribution in [3.8, 4) is 0 Å². The summed E-state index contributed by atoms with van der Waals surface area (Å²) in [6.07, 6.45) is 3.50. The number of aliphatic hydroxyl groups is 1. The van der Waals surface area contributed by atoms with Gasteiger partial charge >= 0.3 is 0 Å². The van der Waals surface area contributed by atoms with Gasteiger partial charge in [-0.1, -0.05) is 13.3 Å². The molecule has 1 atom stereocenters. The molecule has 1 rings (SSSR count). The van der Waals surface area contributed by atoms with Crippen LogP contribution in [-0.4, -0.2) is 35.2 Å². The molecule has 17 heavy (non-hydrogen) atoms. The molecule has 0 radical (unpaired) electrons. The molecular weight excluding hydrogens is 302 g/mol. The van der Waals surface area contributed by atoms with E-state index < -0.39 is 6.10 Å². The zero-order valence-corrected chi connectivity index (χ0v) is 12.3. The van der Waals surface area contributed by atoms with Gasteiger partial charge in [-0.15, -0.1) is 11.8 Å². The van der Waals surface area contributed by atoms with Gasteiger partial charge < -0.3 is 9.84 Å². The molecule has 1 unspecified atom stereocenters. The van der Waals surface area contributed by atoms with Crippen LogP contribution in [0.5, 0.6) is 0 Å². The highest BCUT2D eigenvalue weighted by Gasteiger charge is 2.05. The van der Waals surface area contributed by atoms with Crippen molar-refractivity contribution in [3.63, 3.8) is 0 Å². The topological polar surface area (TPSA) is 42.4 Å². The molecule has 1 N–H and O–H groups in total. The Kier molecular flexibility index (Phi) is 7.84. The first-order valence-electron chi connectivity index (χ1n) is 5.72. The summed E-state index contributed by atoms with van der Waals surface area (Å²) in [5, 5.41) is 10.6. The molecule has 0 saturated carbocycles. The van der Waals surface area contributed by atoms with Crippen LogP contribution in [0.15, 0.2) is 27.8 Å². The van der Waals surface area contributed by atoms with Crippen LogP contribution in [0.3, 0.4) is 0 Å². The number of pyridine rings is 1. The number of unbranched alkanes of at least 4 members (excludes halogenated alkanes) is 1. The highest BCUT2D eigenvalue weighted by Crippen LogP contribution is 2.18. The van der Waals surface area contributed by atoms with Gasteiger partial charge in [-0.25, -0.2) is 4.98 Å². The molecule has 0 aliphatic heterocycles. The van der Waals surface area contributed by atoms with E-state index in [9.17, 15) is 5.11 Å². The third kappa shape index (κ3) is 7.03. The lowest BCUT2D eigenvalue weighted by molar-refractivity contribution is 0.0473. The summed E-state index contributed by atoms with van der Waals surface area (Å²) in [6.45, 7) is 3.26. The van der Waals surface area contributed by atoms with Crippen molar-refractivity contribution in [3.05, 3.63) is 22.8 Å². The second-order valence-electron chi connectivity index (χ2n) is 3.71. The summed E-state index contributed by atoms with van der Waals surface area (Å²) < 4.78 is 6.32. The average molecular weight is 320 g/mol. The van der Waals surface area contributed by atoms with E-state index in [1.54, 1.807) is 6.20 Å². The molecule has 96 valence electrons. The predicted octanol–water partition coefficient (Wildman–Crippen LogP) is 3.11. The molecule has 5 heteroatoms. The SMILES string of the molecule is CCCCOCC(O)CSc1ccc(Br)cn1. The normalized spacial score (nSPS) is 12.6. The Morgan fingerprint density at radius 2 is 2.35 bits per heavy atom. The van der Waals surface area contributed by atoms with Crippen LogP contribution >= 0.6 is 27.7 Å². The summed E-state index contributed by atoms with van der Waals surface area (Å²) in [7, 11) is 0. The fourth-order valence-corrected chi connectivity index (χ4v) is 2.13. The van der Waals surface area contributed by atoms with Gasteiger partial charge in [-0.2, -0.15) is 0 Å².